The number of benzene rings is 1. The van der Waals surface area contributed by atoms with Crippen molar-refractivity contribution in [2.45, 2.75) is 19.4 Å². The van der Waals surface area contributed by atoms with Crippen molar-refractivity contribution in [3.05, 3.63) is 59.9 Å². The Labute approximate surface area is 182 Å². The van der Waals surface area contributed by atoms with Gasteiger partial charge in [0.05, 0.1) is 12.1 Å². The van der Waals surface area contributed by atoms with Gasteiger partial charge in [0.15, 0.2) is 5.96 Å². The molecule has 1 unspecified atom stereocenters. The number of guanidine groups is 1. The molecule has 3 N–H and O–H groups in total. The predicted octanol–water partition coefficient (Wildman–Crippen LogP) is 1.99. The summed E-state index contributed by atoms with van der Waals surface area (Å²) < 4.78 is 5.92. The topological polar surface area (TPSA) is 87.6 Å². The number of para-hydroxylation sites is 1. The molecule has 28 heavy (non-hydrogen) atoms. The van der Waals surface area contributed by atoms with Crippen molar-refractivity contribution in [2.24, 2.45) is 4.99 Å². The average Bonchev–Trinajstić information content (AvgIpc) is 3.12. The minimum absolute atomic E-state index is 0. The number of aliphatic imine (C=N–C) groups is 1. The van der Waals surface area contributed by atoms with Crippen molar-refractivity contribution in [3.63, 3.8) is 0 Å². The van der Waals surface area contributed by atoms with E-state index in [4.69, 9.17) is 4.74 Å². The van der Waals surface area contributed by atoms with E-state index in [9.17, 15) is 4.79 Å². The zero-order chi connectivity index (χ0) is 18.9. The van der Waals surface area contributed by atoms with Gasteiger partial charge in [0.1, 0.15) is 11.9 Å². The molecule has 1 aromatic heterocycles. The van der Waals surface area contributed by atoms with Crippen LogP contribution < -0.4 is 20.7 Å². The Morgan fingerprint density at radius 2 is 2.00 bits per heavy atom. The van der Waals surface area contributed by atoms with Gasteiger partial charge < -0.3 is 20.7 Å². The van der Waals surface area contributed by atoms with Crippen molar-refractivity contribution >= 4 is 35.8 Å². The Morgan fingerprint density at radius 3 is 2.75 bits per heavy atom. The lowest BCUT2D eigenvalue weighted by Gasteiger charge is -2.13. The molecule has 1 aliphatic rings. The third-order valence-electron chi connectivity index (χ3n) is 4.14. The minimum atomic E-state index is -0.135. The fraction of sp³-hybridized carbons (Fsp3) is 0.350. The highest BCUT2D eigenvalue weighted by Gasteiger charge is 2.21. The summed E-state index contributed by atoms with van der Waals surface area (Å²) in [5, 5.41) is 9.29. The number of hydrogen-bond acceptors (Lipinski definition) is 4. The fourth-order valence-corrected chi connectivity index (χ4v) is 2.85. The number of nitrogens with one attached hydrogen (secondary N) is 3. The summed E-state index contributed by atoms with van der Waals surface area (Å²) in [5.74, 6) is 1.53. The lowest BCUT2D eigenvalue weighted by atomic mass is 10.1. The van der Waals surface area contributed by atoms with Crippen molar-refractivity contribution < 1.29 is 9.53 Å². The molecule has 150 valence electrons. The molecule has 0 saturated heterocycles. The quantitative estimate of drug-likeness (QED) is 0.237. The first-order valence-corrected chi connectivity index (χ1v) is 9.21. The second kappa shape index (κ2) is 11.5. The number of carbonyl (C=O) groups excluding carboxylic acids is 1. The lowest BCUT2D eigenvalue weighted by molar-refractivity contribution is 0.0954. The van der Waals surface area contributed by atoms with Crippen LogP contribution in [0.3, 0.4) is 0 Å². The van der Waals surface area contributed by atoms with Gasteiger partial charge in [0.25, 0.3) is 5.91 Å². The predicted molar refractivity (Wildman–Crippen MR) is 121 cm³/mol. The molecule has 1 amide bonds. The highest BCUT2D eigenvalue weighted by Crippen LogP contribution is 2.28. The molecule has 0 radical (unpaired) electrons. The third kappa shape index (κ3) is 6.36. The molecular weight excluding hydrogens is 469 g/mol. The van der Waals surface area contributed by atoms with Gasteiger partial charge in [-0.1, -0.05) is 18.2 Å². The molecule has 1 atom stereocenters. The highest BCUT2D eigenvalue weighted by atomic mass is 127. The zero-order valence-corrected chi connectivity index (χ0v) is 18.2. The summed E-state index contributed by atoms with van der Waals surface area (Å²) in [5.41, 5.74) is 1.78. The summed E-state index contributed by atoms with van der Waals surface area (Å²) >= 11 is 0. The van der Waals surface area contributed by atoms with E-state index in [1.165, 1.54) is 5.56 Å². The van der Waals surface area contributed by atoms with Crippen LogP contribution in [0.1, 0.15) is 22.8 Å². The van der Waals surface area contributed by atoms with E-state index in [2.05, 4.69) is 32.0 Å². The molecular formula is C20H26IN5O2. The first-order chi connectivity index (χ1) is 13.3. The molecule has 0 bridgehead atoms. The number of fused-ring (bicyclic) bond motifs is 1. The number of nitrogens with zero attached hydrogens (tertiary/aromatic N) is 2. The van der Waals surface area contributed by atoms with Crippen molar-refractivity contribution in [1.82, 2.24) is 20.9 Å². The van der Waals surface area contributed by atoms with E-state index in [1.54, 1.807) is 24.5 Å². The summed E-state index contributed by atoms with van der Waals surface area (Å²) in [6.07, 6.45) is 4.13. The fourth-order valence-electron chi connectivity index (χ4n) is 2.85. The van der Waals surface area contributed by atoms with Gasteiger partial charge >= 0.3 is 0 Å². The molecule has 0 aliphatic carbocycles. The second-order valence-electron chi connectivity index (χ2n) is 6.20. The summed E-state index contributed by atoms with van der Waals surface area (Å²) in [6.45, 7) is 4.42. The smallest absolute Gasteiger partial charge is 0.252 e. The largest absolute Gasteiger partial charge is 0.488 e. The maximum absolute atomic E-state index is 12.0. The van der Waals surface area contributed by atoms with Crippen LogP contribution in [0.5, 0.6) is 5.75 Å². The van der Waals surface area contributed by atoms with E-state index in [1.807, 2.05) is 25.1 Å². The third-order valence-corrected chi connectivity index (χ3v) is 4.14. The van der Waals surface area contributed by atoms with Crippen molar-refractivity contribution in [3.8, 4) is 5.75 Å². The Balaban J connectivity index is 0.00000280. The average molecular weight is 495 g/mol. The normalized spacial score (nSPS) is 15.0. The number of halogens is 1. The van der Waals surface area contributed by atoms with Gasteiger partial charge in [-0.15, -0.1) is 24.0 Å². The maximum atomic E-state index is 12.0. The molecule has 2 aromatic rings. The molecule has 1 aliphatic heterocycles. The van der Waals surface area contributed by atoms with E-state index in [0.717, 1.165) is 18.7 Å². The summed E-state index contributed by atoms with van der Waals surface area (Å²) in [4.78, 5) is 20.5. The Bertz CT molecular complexity index is 760. The van der Waals surface area contributed by atoms with Crippen LogP contribution in [0.4, 0.5) is 0 Å². The molecule has 8 heteroatoms. The van der Waals surface area contributed by atoms with Gasteiger partial charge in [-0.05, 0) is 30.7 Å². The number of pyridine rings is 1. The SMILES string of the molecule is CCNC(=NCC1Cc2ccccc2O1)NCCNC(=O)c1cccnc1.I. The molecule has 0 saturated carbocycles. The van der Waals surface area contributed by atoms with Crippen LogP contribution in [-0.2, 0) is 6.42 Å². The molecule has 1 aromatic carbocycles. The van der Waals surface area contributed by atoms with Crippen LogP contribution in [0.25, 0.3) is 0 Å². The summed E-state index contributed by atoms with van der Waals surface area (Å²) in [7, 11) is 0. The zero-order valence-electron chi connectivity index (χ0n) is 15.9. The second-order valence-corrected chi connectivity index (χ2v) is 6.20. The number of amides is 1. The maximum Gasteiger partial charge on any atom is 0.252 e. The van der Waals surface area contributed by atoms with Crippen LogP contribution >= 0.6 is 24.0 Å². The summed E-state index contributed by atoms with van der Waals surface area (Å²) in [6, 6.07) is 11.6. The van der Waals surface area contributed by atoms with E-state index in [0.29, 0.717) is 31.2 Å². The van der Waals surface area contributed by atoms with Crippen LogP contribution in [0.15, 0.2) is 53.8 Å². The molecule has 0 spiro atoms. The van der Waals surface area contributed by atoms with Crippen molar-refractivity contribution in [1.29, 1.82) is 0 Å². The van der Waals surface area contributed by atoms with Crippen LogP contribution in [-0.4, -0.2) is 49.1 Å². The number of ether oxygens (including phenoxy) is 1. The molecule has 3 rings (SSSR count). The van der Waals surface area contributed by atoms with Gasteiger partial charge in [0, 0.05) is 38.4 Å². The van der Waals surface area contributed by atoms with Gasteiger partial charge in [-0.25, -0.2) is 4.99 Å². The number of hydrogen-bond donors (Lipinski definition) is 3. The van der Waals surface area contributed by atoms with Gasteiger partial charge in [-0.2, -0.15) is 0 Å². The Kier molecular flexibility index (Phi) is 8.99. The lowest BCUT2D eigenvalue weighted by Crippen LogP contribution is -2.42. The van der Waals surface area contributed by atoms with Gasteiger partial charge in [-0.3, -0.25) is 9.78 Å². The minimum Gasteiger partial charge on any atom is -0.488 e. The van der Waals surface area contributed by atoms with E-state index >= 15 is 0 Å². The van der Waals surface area contributed by atoms with Crippen LogP contribution in [0, 0.1) is 0 Å². The van der Waals surface area contributed by atoms with Crippen molar-refractivity contribution in [2.75, 3.05) is 26.2 Å². The first-order valence-electron chi connectivity index (χ1n) is 9.21. The standard InChI is InChI=1S/C20H25N5O2.HI/c1-2-22-20(24-11-10-23-19(26)16-7-5-9-21-13-16)25-14-17-12-15-6-3-4-8-18(15)27-17;/h3-9,13,17H,2,10-12,14H2,1H3,(H,23,26)(H2,22,24,25);1H. The number of carbonyl (C=O) groups is 1. The molecule has 0 fully saturated rings. The number of aromatic nitrogens is 1. The monoisotopic (exact) mass is 495 g/mol. The highest BCUT2D eigenvalue weighted by molar-refractivity contribution is 14.0. The van der Waals surface area contributed by atoms with Crippen LogP contribution in [0.2, 0.25) is 0 Å². The Morgan fingerprint density at radius 1 is 1.18 bits per heavy atom. The molecule has 2 heterocycles. The molecule has 7 nitrogen and oxygen atoms in total. The Hall–Kier alpha value is -2.36. The van der Waals surface area contributed by atoms with E-state index in [-0.39, 0.29) is 36.0 Å². The number of rotatable bonds is 7. The van der Waals surface area contributed by atoms with E-state index < -0.39 is 0 Å². The first kappa shape index (κ1) is 21.9. The van der Waals surface area contributed by atoms with Gasteiger partial charge in [0.2, 0.25) is 0 Å².